The largest absolute Gasteiger partial charge is 0.477 e. The lowest BCUT2D eigenvalue weighted by molar-refractivity contribution is -0.303. The van der Waals surface area contributed by atoms with Gasteiger partial charge in [-0.05, 0) is 0 Å². The van der Waals surface area contributed by atoms with Crippen molar-refractivity contribution in [3.05, 3.63) is 0 Å². The van der Waals surface area contributed by atoms with Crippen molar-refractivity contribution in [2.75, 3.05) is 13.7 Å². The molecule has 1 fully saturated rings. The van der Waals surface area contributed by atoms with Gasteiger partial charge in [-0.1, -0.05) is 0 Å². The summed E-state index contributed by atoms with van der Waals surface area (Å²) in [5.41, 5.74) is 0. The van der Waals surface area contributed by atoms with E-state index < -0.39 is 67.1 Å². The lowest BCUT2D eigenvalue weighted by Gasteiger charge is -2.46. The van der Waals surface area contributed by atoms with Gasteiger partial charge in [0.25, 0.3) is 5.79 Å². The predicted molar refractivity (Wildman–Crippen MR) is 79.1 cm³/mol. The summed E-state index contributed by atoms with van der Waals surface area (Å²) in [7, 11) is 1.04. The summed E-state index contributed by atoms with van der Waals surface area (Å²) in [6, 6.07) is -1.22. The van der Waals surface area contributed by atoms with E-state index in [1.54, 1.807) is 0 Å². The molecule has 6 atom stereocenters. The predicted octanol–water partition coefficient (Wildman–Crippen LogP) is -2.65. The van der Waals surface area contributed by atoms with Gasteiger partial charge in [0.1, 0.15) is 24.9 Å². The van der Waals surface area contributed by atoms with E-state index in [1.807, 2.05) is 0 Å². The maximum atomic E-state index is 11.5. The lowest BCUT2D eigenvalue weighted by Crippen LogP contribution is -2.67. The van der Waals surface area contributed by atoms with E-state index in [0.717, 1.165) is 21.0 Å². The number of nitrogens with one attached hydrogen (secondary N) is 1. The fourth-order valence-corrected chi connectivity index (χ4v) is 2.53. The number of hydrogen-bond acceptors (Lipinski definition) is 9. The first kappa shape index (κ1) is 21.3. The Kier molecular flexibility index (Phi) is 7.26. The van der Waals surface area contributed by atoms with Crippen molar-refractivity contribution in [1.82, 2.24) is 5.32 Å². The molecular weight excluding hydrogens is 342 g/mol. The van der Waals surface area contributed by atoms with Gasteiger partial charge in [-0.15, -0.1) is 0 Å². The van der Waals surface area contributed by atoms with Gasteiger partial charge in [0.2, 0.25) is 5.91 Å². The molecule has 0 spiro atoms. The third-order valence-electron chi connectivity index (χ3n) is 3.79. The van der Waals surface area contributed by atoms with Crippen molar-refractivity contribution >= 4 is 17.8 Å². The van der Waals surface area contributed by atoms with Crippen molar-refractivity contribution in [3.63, 3.8) is 0 Å². The molecule has 144 valence electrons. The maximum Gasteiger partial charge on any atom is 0.364 e. The summed E-state index contributed by atoms with van der Waals surface area (Å²) < 4.78 is 14.7. The lowest BCUT2D eigenvalue weighted by atomic mass is 9.88. The molecule has 5 N–H and O–H groups in total. The van der Waals surface area contributed by atoms with E-state index in [9.17, 15) is 34.8 Å². The number of aliphatic hydroxyl groups excluding tert-OH is 3. The maximum absolute atomic E-state index is 11.5. The van der Waals surface area contributed by atoms with Gasteiger partial charge in [0.15, 0.2) is 0 Å². The number of rotatable bonds is 7. The second kappa shape index (κ2) is 8.54. The number of carbonyl (C=O) groups is 3. The summed E-state index contributed by atoms with van der Waals surface area (Å²) in [5, 5.41) is 42.1. The van der Waals surface area contributed by atoms with Crippen molar-refractivity contribution < 1.29 is 49.0 Å². The van der Waals surface area contributed by atoms with Gasteiger partial charge in [0, 0.05) is 27.4 Å². The van der Waals surface area contributed by atoms with Crippen molar-refractivity contribution in [3.8, 4) is 0 Å². The highest BCUT2D eigenvalue weighted by atomic mass is 16.7. The number of aliphatic hydroxyl groups is 3. The van der Waals surface area contributed by atoms with Crippen molar-refractivity contribution in [2.24, 2.45) is 0 Å². The number of methoxy groups -OCH3 is 1. The fraction of sp³-hybridized carbons (Fsp3) is 0.786. The SMILES string of the molecule is COC1(C(=O)O)CC(O)C(NC(C)=O)C([C@@H](O)[C@@H](O)COC(C)=O)O1. The first-order chi connectivity index (χ1) is 11.5. The molecule has 1 saturated heterocycles. The third-order valence-corrected chi connectivity index (χ3v) is 3.79. The second-order valence-corrected chi connectivity index (χ2v) is 5.70. The van der Waals surface area contributed by atoms with E-state index >= 15 is 0 Å². The van der Waals surface area contributed by atoms with Crippen LogP contribution in [0.1, 0.15) is 20.3 Å². The molecule has 0 radical (unpaired) electrons. The van der Waals surface area contributed by atoms with Crippen LogP contribution in [0.3, 0.4) is 0 Å². The van der Waals surface area contributed by atoms with Gasteiger partial charge in [-0.25, -0.2) is 4.79 Å². The minimum Gasteiger partial charge on any atom is -0.477 e. The molecule has 1 rings (SSSR count). The summed E-state index contributed by atoms with van der Waals surface area (Å²) >= 11 is 0. The Labute approximate surface area is 143 Å². The van der Waals surface area contributed by atoms with Crippen LogP contribution < -0.4 is 5.32 Å². The van der Waals surface area contributed by atoms with Crippen LogP contribution in [0.5, 0.6) is 0 Å². The number of ether oxygens (including phenoxy) is 3. The first-order valence-corrected chi connectivity index (χ1v) is 7.45. The van der Waals surface area contributed by atoms with E-state index in [4.69, 9.17) is 9.47 Å². The molecule has 11 nitrogen and oxygen atoms in total. The molecule has 25 heavy (non-hydrogen) atoms. The Hall–Kier alpha value is -1.79. The van der Waals surface area contributed by atoms with E-state index in [0.29, 0.717) is 0 Å². The Morgan fingerprint density at radius 2 is 1.92 bits per heavy atom. The Morgan fingerprint density at radius 1 is 1.32 bits per heavy atom. The van der Waals surface area contributed by atoms with Gasteiger partial charge < -0.3 is 40.0 Å². The molecule has 0 aromatic rings. The van der Waals surface area contributed by atoms with Crippen molar-refractivity contribution in [2.45, 2.75) is 56.5 Å². The molecule has 0 aromatic heterocycles. The number of esters is 1. The highest BCUT2D eigenvalue weighted by Crippen LogP contribution is 2.33. The molecule has 1 aliphatic rings. The summed E-state index contributed by atoms with van der Waals surface area (Å²) in [4.78, 5) is 33.6. The minimum absolute atomic E-state index is 0.521. The summed E-state index contributed by atoms with van der Waals surface area (Å²) in [6.07, 6.45) is -6.96. The quantitative estimate of drug-likeness (QED) is 0.300. The minimum atomic E-state index is -2.28. The molecule has 1 amide bonds. The fourth-order valence-electron chi connectivity index (χ4n) is 2.53. The highest BCUT2D eigenvalue weighted by molar-refractivity contribution is 5.76. The second-order valence-electron chi connectivity index (χ2n) is 5.70. The van der Waals surface area contributed by atoms with Gasteiger partial charge in [-0.3, -0.25) is 9.59 Å². The molecule has 0 aliphatic carbocycles. The normalized spacial score (nSPS) is 31.7. The van der Waals surface area contributed by atoms with Crippen LogP contribution in [-0.2, 0) is 28.6 Å². The van der Waals surface area contributed by atoms with Crippen molar-refractivity contribution in [1.29, 1.82) is 0 Å². The van der Waals surface area contributed by atoms with Crippen LogP contribution in [0, 0.1) is 0 Å². The average Bonchev–Trinajstić information content (AvgIpc) is 2.52. The monoisotopic (exact) mass is 365 g/mol. The van der Waals surface area contributed by atoms with Crippen LogP contribution in [0.25, 0.3) is 0 Å². The van der Waals surface area contributed by atoms with Crippen LogP contribution in [0.2, 0.25) is 0 Å². The third kappa shape index (κ3) is 5.09. The Bertz CT molecular complexity index is 512. The van der Waals surface area contributed by atoms with Crippen LogP contribution >= 0.6 is 0 Å². The van der Waals surface area contributed by atoms with Crippen LogP contribution in [0.15, 0.2) is 0 Å². The molecular formula is C14H23NO10. The Balaban J connectivity index is 3.09. The van der Waals surface area contributed by atoms with Gasteiger partial charge in [-0.2, -0.15) is 0 Å². The molecule has 0 bridgehead atoms. The molecule has 11 heteroatoms. The van der Waals surface area contributed by atoms with Gasteiger partial charge in [0.05, 0.1) is 12.1 Å². The smallest absolute Gasteiger partial charge is 0.364 e. The number of carbonyl (C=O) groups excluding carboxylic acids is 2. The van der Waals surface area contributed by atoms with E-state index in [-0.39, 0.29) is 0 Å². The summed E-state index contributed by atoms with van der Waals surface area (Å²) in [5.74, 6) is -5.10. The first-order valence-electron chi connectivity index (χ1n) is 7.45. The van der Waals surface area contributed by atoms with Gasteiger partial charge >= 0.3 is 11.9 Å². The average molecular weight is 365 g/mol. The molecule has 1 aliphatic heterocycles. The zero-order chi connectivity index (χ0) is 19.4. The molecule has 1 heterocycles. The number of carboxylic acids is 1. The Morgan fingerprint density at radius 3 is 2.36 bits per heavy atom. The number of amides is 1. The van der Waals surface area contributed by atoms with E-state index in [1.165, 1.54) is 0 Å². The molecule has 0 saturated carbocycles. The van der Waals surface area contributed by atoms with Crippen LogP contribution in [0.4, 0.5) is 0 Å². The number of hydrogen-bond donors (Lipinski definition) is 5. The summed E-state index contributed by atoms with van der Waals surface area (Å²) in [6.45, 7) is 1.66. The topological polar surface area (TPSA) is 172 Å². The van der Waals surface area contributed by atoms with Crippen LogP contribution in [-0.4, -0.2) is 88.2 Å². The number of carboxylic acid groups (broad SMARTS) is 1. The number of aliphatic carboxylic acids is 1. The highest BCUT2D eigenvalue weighted by Gasteiger charge is 2.55. The zero-order valence-corrected chi connectivity index (χ0v) is 14.0. The molecule has 0 aromatic carbocycles. The molecule has 4 unspecified atom stereocenters. The van der Waals surface area contributed by atoms with E-state index in [2.05, 4.69) is 10.1 Å². The standard InChI is InChI=1S/C14H23NO10/c1-6(16)15-10-8(18)4-14(23-3,13(21)22)25-12(10)11(20)9(19)5-24-7(2)17/h8-12,18-20H,4-5H2,1-3H3,(H,15,16)(H,21,22)/t8?,9-,10?,11-,12?,14?/m0/s1. The zero-order valence-electron chi connectivity index (χ0n) is 14.0.